The van der Waals surface area contributed by atoms with Crippen LogP contribution in [0, 0.1) is 6.92 Å². The normalized spacial score (nSPS) is 12.0. The van der Waals surface area contributed by atoms with Gasteiger partial charge in [-0.1, -0.05) is 62.9 Å². The second kappa shape index (κ2) is 10.9. The van der Waals surface area contributed by atoms with Gasteiger partial charge in [-0.2, -0.15) is 5.10 Å². The molecule has 1 amide bonds. The summed E-state index contributed by atoms with van der Waals surface area (Å²) in [4.78, 5) is 38.7. The average Bonchev–Trinajstić information content (AvgIpc) is 3.24. The van der Waals surface area contributed by atoms with Gasteiger partial charge in [0, 0.05) is 12.1 Å². The Labute approximate surface area is 193 Å². The van der Waals surface area contributed by atoms with Gasteiger partial charge in [-0.15, -0.1) is 0 Å². The number of ether oxygens (including phenoxy) is 1. The summed E-state index contributed by atoms with van der Waals surface area (Å²) in [6.07, 6.45) is 6.27. The molecule has 3 rings (SSSR count). The van der Waals surface area contributed by atoms with E-state index in [2.05, 4.69) is 24.3 Å². The van der Waals surface area contributed by atoms with E-state index in [0.29, 0.717) is 0 Å². The number of rotatable bonds is 10. The van der Waals surface area contributed by atoms with Crippen LogP contribution in [0.4, 0.5) is 0 Å². The van der Waals surface area contributed by atoms with Crippen molar-refractivity contribution in [1.29, 1.82) is 0 Å². The van der Waals surface area contributed by atoms with E-state index in [1.165, 1.54) is 28.5 Å². The summed E-state index contributed by atoms with van der Waals surface area (Å²) < 4.78 is 7.47. The van der Waals surface area contributed by atoms with Crippen LogP contribution in [0.3, 0.4) is 0 Å². The monoisotopic (exact) mass is 452 g/mol. The van der Waals surface area contributed by atoms with Gasteiger partial charge in [-0.3, -0.25) is 14.2 Å². The number of aryl methyl sites for hydroxylation is 1. The molecule has 8 heteroatoms. The number of hydrogen-bond donors (Lipinski definition) is 1. The van der Waals surface area contributed by atoms with Crippen LogP contribution in [0.15, 0.2) is 41.3 Å². The smallest absolute Gasteiger partial charge is 0.358 e. The van der Waals surface area contributed by atoms with Crippen LogP contribution in [-0.4, -0.2) is 39.2 Å². The summed E-state index contributed by atoms with van der Waals surface area (Å²) >= 11 is 0. The SMILES string of the molecule is CCCCC(CCC)NC(=O)c1cn2nc(C(=O)OC)cc2c(=O)n1Cc1ccc(C)cc1. The number of benzene rings is 1. The Kier molecular flexibility index (Phi) is 8.03. The zero-order valence-corrected chi connectivity index (χ0v) is 19.8. The maximum Gasteiger partial charge on any atom is 0.358 e. The number of nitrogens with zero attached hydrogens (tertiary/aromatic N) is 3. The fourth-order valence-electron chi connectivity index (χ4n) is 3.85. The number of nitrogens with one attached hydrogen (secondary N) is 1. The highest BCUT2D eigenvalue weighted by Crippen LogP contribution is 2.12. The molecule has 2 aromatic heterocycles. The summed E-state index contributed by atoms with van der Waals surface area (Å²) in [5, 5.41) is 7.27. The number of methoxy groups -OCH3 is 1. The van der Waals surface area contributed by atoms with Crippen molar-refractivity contribution in [3.05, 3.63) is 69.4 Å². The lowest BCUT2D eigenvalue weighted by atomic mass is 10.0. The molecular formula is C25H32N4O4. The molecule has 1 N–H and O–H groups in total. The number of fused-ring (bicyclic) bond motifs is 1. The van der Waals surface area contributed by atoms with Crippen molar-refractivity contribution in [2.45, 2.75) is 65.5 Å². The Bertz CT molecular complexity index is 1180. The molecule has 0 aliphatic rings. The zero-order chi connectivity index (χ0) is 24.0. The number of carbonyl (C=O) groups excluding carboxylic acids is 2. The van der Waals surface area contributed by atoms with Crippen molar-refractivity contribution in [2.75, 3.05) is 7.11 Å². The van der Waals surface area contributed by atoms with Gasteiger partial charge in [0.25, 0.3) is 11.5 Å². The molecule has 0 fully saturated rings. The molecular weight excluding hydrogens is 420 g/mol. The van der Waals surface area contributed by atoms with Crippen LogP contribution >= 0.6 is 0 Å². The van der Waals surface area contributed by atoms with Gasteiger partial charge in [-0.05, 0) is 25.3 Å². The van der Waals surface area contributed by atoms with E-state index < -0.39 is 11.5 Å². The third kappa shape index (κ3) is 5.69. The first-order valence-electron chi connectivity index (χ1n) is 11.5. The van der Waals surface area contributed by atoms with E-state index in [-0.39, 0.29) is 35.4 Å². The van der Waals surface area contributed by atoms with Gasteiger partial charge >= 0.3 is 5.97 Å². The molecule has 8 nitrogen and oxygen atoms in total. The lowest BCUT2D eigenvalue weighted by Gasteiger charge is -2.20. The molecule has 0 radical (unpaired) electrons. The zero-order valence-electron chi connectivity index (χ0n) is 19.8. The van der Waals surface area contributed by atoms with Gasteiger partial charge < -0.3 is 10.1 Å². The molecule has 1 unspecified atom stereocenters. The predicted molar refractivity (Wildman–Crippen MR) is 127 cm³/mol. The first-order valence-corrected chi connectivity index (χ1v) is 11.5. The van der Waals surface area contributed by atoms with Crippen molar-refractivity contribution in [3.63, 3.8) is 0 Å². The van der Waals surface area contributed by atoms with Crippen molar-refractivity contribution < 1.29 is 14.3 Å². The molecule has 0 aliphatic heterocycles. The predicted octanol–water partition coefficient (Wildman–Crippen LogP) is 3.73. The topological polar surface area (TPSA) is 94.7 Å². The molecule has 0 bridgehead atoms. The second-order valence-electron chi connectivity index (χ2n) is 8.34. The van der Waals surface area contributed by atoms with Crippen LogP contribution in [0.2, 0.25) is 0 Å². The standard InChI is InChI=1S/C25H32N4O4/c1-5-7-9-19(8-6-2)26-23(30)22-16-29-21(14-20(27-29)25(32)33-4)24(31)28(22)15-18-12-10-17(3)11-13-18/h10-14,16,19H,5-9,15H2,1-4H3,(H,26,30). The van der Waals surface area contributed by atoms with Crippen molar-refractivity contribution in [1.82, 2.24) is 19.5 Å². The fraction of sp³-hybridized carbons (Fsp3) is 0.440. The van der Waals surface area contributed by atoms with E-state index in [0.717, 1.165) is 43.2 Å². The number of esters is 1. The number of amides is 1. The average molecular weight is 453 g/mol. The van der Waals surface area contributed by atoms with Crippen molar-refractivity contribution in [3.8, 4) is 0 Å². The molecule has 2 heterocycles. The van der Waals surface area contributed by atoms with Crippen LogP contribution in [0.1, 0.15) is 78.1 Å². The molecule has 1 atom stereocenters. The molecule has 0 spiro atoms. The third-order valence-corrected chi connectivity index (χ3v) is 5.70. The Morgan fingerprint density at radius 3 is 2.48 bits per heavy atom. The number of carbonyl (C=O) groups is 2. The summed E-state index contributed by atoms with van der Waals surface area (Å²) in [7, 11) is 1.26. The van der Waals surface area contributed by atoms with E-state index in [1.807, 2.05) is 31.2 Å². The number of unbranched alkanes of at least 4 members (excludes halogenated alkanes) is 1. The highest BCUT2D eigenvalue weighted by molar-refractivity contribution is 5.93. The molecule has 0 saturated heterocycles. The lowest BCUT2D eigenvalue weighted by molar-refractivity contribution is 0.0593. The minimum Gasteiger partial charge on any atom is -0.464 e. The highest BCUT2D eigenvalue weighted by atomic mass is 16.5. The van der Waals surface area contributed by atoms with E-state index in [4.69, 9.17) is 4.74 Å². The number of hydrogen-bond acceptors (Lipinski definition) is 5. The summed E-state index contributed by atoms with van der Waals surface area (Å²) in [5.74, 6) is -0.970. The summed E-state index contributed by atoms with van der Waals surface area (Å²) in [6.45, 7) is 6.42. The van der Waals surface area contributed by atoms with Crippen LogP contribution in [0.25, 0.3) is 5.52 Å². The van der Waals surface area contributed by atoms with Gasteiger partial charge in [-0.25, -0.2) is 9.31 Å². The largest absolute Gasteiger partial charge is 0.464 e. The Balaban J connectivity index is 2.07. The van der Waals surface area contributed by atoms with Crippen LogP contribution < -0.4 is 10.9 Å². The highest BCUT2D eigenvalue weighted by Gasteiger charge is 2.22. The minimum atomic E-state index is -0.642. The maximum atomic E-state index is 13.4. The Hall–Kier alpha value is -3.42. The lowest BCUT2D eigenvalue weighted by Crippen LogP contribution is -2.39. The molecule has 33 heavy (non-hydrogen) atoms. The third-order valence-electron chi connectivity index (χ3n) is 5.70. The van der Waals surface area contributed by atoms with Gasteiger partial charge in [0.1, 0.15) is 11.2 Å². The second-order valence-corrected chi connectivity index (χ2v) is 8.34. The van der Waals surface area contributed by atoms with E-state index in [1.54, 1.807) is 0 Å². The van der Waals surface area contributed by atoms with Gasteiger partial charge in [0.15, 0.2) is 5.69 Å². The molecule has 176 valence electrons. The van der Waals surface area contributed by atoms with Crippen LogP contribution in [0.5, 0.6) is 0 Å². The minimum absolute atomic E-state index is 0.0147. The molecule has 0 saturated carbocycles. The fourth-order valence-corrected chi connectivity index (χ4v) is 3.85. The Morgan fingerprint density at radius 1 is 1.12 bits per heavy atom. The van der Waals surface area contributed by atoms with Gasteiger partial charge in [0.2, 0.25) is 0 Å². The Morgan fingerprint density at radius 2 is 1.85 bits per heavy atom. The maximum absolute atomic E-state index is 13.4. The number of aromatic nitrogens is 3. The van der Waals surface area contributed by atoms with Crippen molar-refractivity contribution in [2.24, 2.45) is 0 Å². The van der Waals surface area contributed by atoms with Crippen molar-refractivity contribution >= 4 is 17.4 Å². The molecule has 3 aromatic rings. The summed E-state index contributed by atoms with van der Waals surface area (Å²) in [5.41, 5.74) is 2.02. The first kappa shape index (κ1) is 24.2. The quantitative estimate of drug-likeness (QED) is 0.473. The van der Waals surface area contributed by atoms with E-state index in [9.17, 15) is 14.4 Å². The van der Waals surface area contributed by atoms with E-state index >= 15 is 0 Å². The van der Waals surface area contributed by atoms with Crippen LogP contribution in [-0.2, 0) is 11.3 Å². The molecule has 0 aliphatic carbocycles. The first-order chi connectivity index (χ1) is 15.9. The van der Waals surface area contributed by atoms with Gasteiger partial charge in [0.05, 0.1) is 19.9 Å². The summed E-state index contributed by atoms with van der Waals surface area (Å²) in [6, 6.07) is 9.23. The molecule has 1 aromatic carbocycles.